The van der Waals surface area contributed by atoms with Crippen molar-refractivity contribution in [3.05, 3.63) is 54.6 Å². The first-order valence-electron chi connectivity index (χ1n) is 8.84. The summed E-state index contributed by atoms with van der Waals surface area (Å²) in [6.07, 6.45) is 1.08. The molecule has 2 rings (SSSR count). The molecule has 152 valence electrons. The van der Waals surface area contributed by atoms with Crippen LogP contribution < -0.4 is 19.1 Å². The molecule has 1 amide bonds. The van der Waals surface area contributed by atoms with E-state index in [0.29, 0.717) is 11.4 Å². The zero-order valence-electron chi connectivity index (χ0n) is 16.5. The fourth-order valence-electron chi connectivity index (χ4n) is 2.68. The smallest absolute Gasteiger partial charge is 0.243 e. The molecule has 2 atom stereocenters. The number of hydrogen-bond acceptors (Lipinski definition) is 5. The Morgan fingerprint density at radius 3 is 2.14 bits per heavy atom. The van der Waals surface area contributed by atoms with Gasteiger partial charge in [0, 0.05) is 0 Å². The van der Waals surface area contributed by atoms with E-state index in [1.165, 1.54) is 0 Å². The number of hydrogen-bond donors (Lipinski definition) is 1. The largest absolute Gasteiger partial charge is 0.497 e. The van der Waals surface area contributed by atoms with Crippen LogP contribution >= 0.6 is 0 Å². The van der Waals surface area contributed by atoms with Crippen LogP contribution in [0.5, 0.6) is 11.5 Å². The van der Waals surface area contributed by atoms with E-state index in [4.69, 9.17) is 9.47 Å². The van der Waals surface area contributed by atoms with E-state index in [-0.39, 0.29) is 12.6 Å². The third-order valence-corrected chi connectivity index (χ3v) is 5.29. The minimum absolute atomic E-state index is 0.245. The average molecular weight is 407 g/mol. The molecule has 0 aliphatic heterocycles. The number of nitrogens with one attached hydrogen (secondary N) is 1. The van der Waals surface area contributed by atoms with Crippen molar-refractivity contribution in [2.24, 2.45) is 0 Å². The molecule has 2 unspecified atom stereocenters. The van der Waals surface area contributed by atoms with Gasteiger partial charge >= 0.3 is 0 Å². The first kappa shape index (κ1) is 21.6. The van der Waals surface area contributed by atoms with Gasteiger partial charge in [0.2, 0.25) is 15.9 Å². The highest BCUT2D eigenvalue weighted by atomic mass is 32.2. The van der Waals surface area contributed by atoms with Gasteiger partial charge in [0.05, 0.1) is 25.1 Å². The first-order chi connectivity index (χ1) is 13.2. The van der Waals surface area contributed by atoms with Gasteiger partial charge in [-0.05, 0) is 50.2 Å². The molecule has 0 aromatic heterocycles. The summed E-state index contributed by atoms with van der Waals surface area (Å²) in [7, 11) is -2.04. The normalized spacial score (nSPS) is 13.3. The summed E-state index contributed by atoms with van der Waals surface area (Å²) in [6.45, 7) is 3.59. The lowest BCUT2D eigenvalue weighted by Gasteiger charge is -2.29. The van der Waals surface area contributed by atoms with Crippen LogP contribution in [0.4, 0.5) is 5.69 Å². The molecule has 28 heavy (non-hydrogen) atoms. The standard InChI is InChI=1S/C20H26N2O5S/c1-15(14-27-19-12-10-18(26-3)11-13-19)21-20(23)16(2)22(28(4,24)25)17-8-6-5-7-9-17/h5-13,15-16H,14H2,1-4H3,(H,21,23). The lowest BCUT2D eigenvalue weighted by atomic mass is 10.2. The Labute approximate surface area is 166 Å². The predicted octanol–water partition coefficient (Wildman–Crippen LogP) is 2.43. The Hall–Kier alpha value is -2.74. The van der Waals surface area contributed by atoms with Gasteiger partial charge in [0.1, 0.15) is 24.1 Å². The molecule has 0 heterocycles. The molecule has 2 aromatic rings. The number of rotatable bonds is 9. The van der Waals surface area contributed by atoms with Crippen molar-refractivity contribution in [1.82, 2.24) is 5.32 Å². The summed E-state index contributed by atoms with van der Waals surface area (Å²) < 4.78 is 36.3. The number of methoxy groups -OCH3 is 1. The number of anilines is 1. The Balaban J connectivity index is 1.99. The van der Waals surface area contributed by atoms with Crippen molar-refractivity contribution in [3.63, 3.8) is 0 Å². The maximum Gasteiger partial charge on any atom is 0.243 e. The van der Waals surface area contributed by atoms with Crippen molar-refractivity contribution < 1.29 is 22.7 Å². The number of ether oxygens (including phenoxy) is 2. The average Bonchev–Trinajstić information content (AvgIpc) is 2.66. The third-order valence-electron chi connectivity index (χ3n) is 4.05. The predicted molar refractivity (Wildman–Crippen MR) is 109 cm³/mol. The number of carbonyl (C=O) groups excluding carboxylic acids is 1. The van der Waals surface area contributed by atoms with E-state index in [9.17, 15) is 13.2 Å². The van der Waals surface area contributed by atoms with Crippen LogP contribution in [0.1, 0.15) is 13.8 Å². The van der Waals surface area contributed by atoms with Gasteiger partial charge in [0.25, 0.3) is 0 Å². The SMILES string of the molecule is COc1ccc(OCC(C)NC(=O)C(C)N(c2ccccc2)S(C)(=O)=O)cc1. The molecule has 2 aromatic carbocycles. The lowest BCUT2D eigenvalue weighted by Crippen LogP contribution is -2.50. The van der Waals surface area contributed by atoms with Gasteiger partial charge in [-0.3, -0.25) is 9.10 Å². The third kappa shape index (κ3) is 5.88. The van der Waals surface area contributed by atoms with Gasteiger partial charge in [0.15, 0.2) is 0 Å². The molecular formula is C20H26N2O5S. The molecule has 1 N–H and O–H groups in total. The van der Waals surface area contributed by atoms with E-state index in [1.54, 1.807) is 75.6 Å². The van der Waals surface area contributed by atoms with Crippen LogP contribution in [0.3, 0.4) is 0 Å². The quantitative estimate of drug-likeness (QED) is 0.691. The minimum Gasteiger partial charge on any atom is -0.497 e. The Kier molecular flexibility index (Phi) is 7.28. The van der Waals surface area contributed by atoms with Gasteiger partial charge in [-0.2, -0.15) is 0 Å². The van der Waals surface area contributed by atoms with Gasteiger partial charge in [-0.1, -0.05) is 18.2 Å². The Morgan fingerprint density at radius 2 is 1.61 bits per heavy atom. The fourth-order valence-corrected chi connectivity index (χ4v) is 3.86. The highest BCUT2D eigenvalue weighted by molar-refractivity contribution is 7.92. The van der Waals surface area contributed by atoms with E-state index in [2.05, 4.69) is 5.32 Å². The summed E-state index contributed by atoms with van der Waals surface area (Å²) in [6, 6.07) is 14.4. The van der Waals surface area contributed by atoms with Crippen LogP contribution in [0.2, 0.25) is 0 Å². The van der Waals surface area contributed by atoms with Crippen molar-refractivity contribution in [2.75, 3.05) is 24.3 Å². The monoisotopic (exact) mass is 406 g/mol. The highest BCUT2D eigenvalue weighted by Gasteiger charge is 2.29. The molecule has 0 radical (unpaired) electrons. The molecule has 0 saturated heterocycles. The molecule has 8 heteroatoms. The highest BCUT2D eigenvalue weighted by Crippen LogP contribution is 2.20. The molecule has 0 bridgehead atoms. The number of carbonyl (C=O) groups is 1. The van der Waals surface area contributed by atoms with Crippen LogP contribution in [-0.2, 0) is 14.8 Å². The summed E-state index contributed by atoms with van der Waals surface area (Å²) >= 11 is 0. The minimum atomic E-state index is -3.63. The van der Waals surface area contributed by atoms with Crippen molar-refractivity contribution in [3.8, 4) is 11.5 Å². The number of amides is 1. The lowest BCUT2D eigenvalue weighted by molar-refractivity contribution is -0.122. The van der Waals surface area contributed by atoms with E-state index < -0.39 is 22.0 Å². The maximum atomic E-state index is 12.6. The summed E-state index contributed by atoms with van der Waals surface area (Å²) in [4.78, 5) is 12.6. The number of para-hydroxylation sites is 1. The van der Waals surface area contributed by atoms with Crippen molar-refractivity contribution >= 4 is 21.6 Å². The van der Waals surface area contributed by atoms with E-state index in [0.717, 1.165) is 16.3 Å². The fraction of sp³-hybridized carbons (Fsp3) is 0.350. The Morgan fingerprint density at radius 1 is 1.04 bits per heavy atom. The molecule has 0 aliphatic carbocycles. The second-order valence-corrected chi connectivity index (χ2v) is 8.33. The van der Waals surface area contributed by atoms with Gasteiger partial charge in [-0.15, -0.1) is 0 Å². The molecular weight excluding hydrogens is 380 g/mol. The molecule has 0 fully saturated rings. The number of sulfonamides is 1. The summed E-state index contributed by atoms with van der Waals surface area (Å²) in [5, 5.41) is 2.80. The molecule has 0 aliphatic rings. The number of nitrogens with zero attached hydrogens (tertiary/aromatic N) is 1. The zero-order valence-corrected chi connectivity index (χ0v) is 17.3. The topological polar surface area (TPSA) is 84.9 Å². The van der Waals surface area contributed by atoms with Crippen LogP contribution in [0, 0.1) is 0 Å². The van der Waals surface area contributed by atoms with E-state index >= 15 is 0 Å². The van der Waals surface area contributed by atoms with Crippen LogP contribution in [-0.4, -0.2) is 46.4 Å². The van der Waals surface area contributed by atoms with Crippen LogP contribution in [0.25, 0.3) is 0 Å². The number of benzene rings is 2. The zero-order chi connectivity index (χ0) is 20.7. The summed E-state index contributed by atoms with van der Waals surface area (Å²) in [5.74, 6) is 0.974. The Bertz CT molecular complexity index is 869. The second kappa shape index (κ2) is 9.45. The van der Waals surface area contributed by atoms with Crippen LogP contribution in [0.15, 0.2) is 54.6 Å². The molecule has 0 saturated carbocycles. The maximum absolute atomic E-state index is 12.6. The van der Waals surface area contributed by atoms with E-state index in [1.807, 2.05) is 0 Å². The first-order valence-corrected chi connectivity index (χ1v) is 10.7. The van der Waals surface area contributed by atoms with Gasteiger partial charge in [-0.25, -0.2) is 8.42 Å². The van der Waals surface area contributed by atoms with Crippen molar-refractivity contribution in [1.29, 1.82) is 0 Å². The molecule has 0 spiro atoms. The van der Waals surface area contributed by atoms with Crippen molar-refractivity contribution in [2.45, 2.75) is 25.9 Å². The second-order valence-electron chi connectivity index (χ2n) is 6.47. The summed E-state index contributed by atoms with van der Waals surface area (Å²) in [5.41, 5.74) is 0.440. The van der Waals surface area contributed by atoms with Gasteiger partial charge < -0.3 is 14.8 Å². The molecule has 7 nitrogen and oxygen atoms in total.